The average Bonchev–Trinajstić information content (AvgIpc) is 3.26. The van der Waals surface area contributed by atoms with Gasteiger partial charge in [0.1, 0.15) is 5.01 Å². The molecule has 124 valence electrons. The van der Waals surface area contributed by atoms with Gasteiger partial charge in [-0.3, -0.25) is 9.80 Å². The van der Waals surface area contributed by atoms with Crippen molar-refractivity contribution in [3.05, 3.63) is 38.5 Å². The number of thiophene rings is 1. The van der Waals surface area contributed by atoms with E-state index in [1.807, 2.05) is 17.5 Å². The summed E-state index contributed by atoms with van der Waals surface area (Å²) < 4.78 is 0. The van der Waals surface area contributed by atoms with Crippen molar-refractivity contribution in [3.63, 3.8) is 0 Å². The molecule has 4 rings (SSSR count). The molecule has 4 heterocycles. The van der Waals surface area contributed by atoms with Crippen molar-refractivity contribution in [1.82, 2.24) is 14.8 Å². The van der Waals surface area contributed by atoms with Gasteiger partial charge in [-0.2, -0.15) is 0 Å². The Morgan fingerprint density at radius 2 is 1.87 bits per heavy atom. The molecule has 0 atom stereocenters. The molecule has 23 heavy (non-hydrogen) atoms. The summed E-state index contributed by atoms with van der Waals surface area (Å²) in [5.74, 6) is 0. The highest BCUT2D eigenvalue weighted by Crippen LogP contribution is 2.41. The Bertz CT molecular complexity index is 626. The molecule has 2 fully saturated rings. The van der Waals surface area contributed by atoms with E-state index in [-0.39, 0.29) is 0 Å². The highest BCUT2D eigenvalue weighted by atomic mass is 32.1. The number of hydrogen-bond donors (Lipinski definition) is 0. The predicted molar refractivity (Wildman–Crippen MR) is 98.0 cm³/mol. The van der Waals surface area contributed by atoms with Crippen LogP contribution in [0.15, 0.2) is 23.7 Å². The van der Waals surface area contributed by atoms with Crippen LogP contribution >= 0.6 is 22.7 Å². The summed E-state index contributed by atoms with van der Waals surface area (Å²) in [6.45, 7) is 9.47. The summed E-state index contributed by atoms with van der Waals surface area (Å²) in [4.78, 5) is 12.7. The van der Waals surface area contributed by atoms with Gasteiger partial charge in [0.2, 0.25) is 0 Å². The van der Waals surface area contributed by atoms with Gasteiger partial charge in [-0.05, 0) is 63.4 Å². The van der Waals surface area contributed by atoms with Crippen molar-refractivity contribution in [2.75, 3.05) is 26.2 Å². The van der Waals surface area contributed by atoms with Gasteiger partial charge in [-0.15, -0.1) is 22.7 Å². The van der Waals surface area contributed by atoms with Gasteiger partial charge in [-0.25, -0.2) is 4.98 Å². The molecule has 0 aliphatic carbocycles. The van der Waals surface area contributed by atoms with E-state index in [4.69, 9.17) is 0 Å². The lowest BCUT2D eigenvalue weighted by Crippen LogP contribution is -2.41. The molecule has 0 aromatic carbocycles. The van der Waals surface area contributed by atoms with E-state index in [0.717, 1.165) is 13.1 Å². The van der Waals surface area contributed by atoms with Crippen LogP contribution in [0.4, 0.5) is 0 Å². The predicted octanol–water partition coefficient (Wildman–Crippen LogP) is 4.00. The second kappa shape index (κ2) is 6.63. The first-order valence-electron chi connectivity index (χ1n) is 8.59. The van der Waals surface area contributed by atoms with E-state index in [2.05, 4.69) is 39.2 Å². The highest BCUT2D eigenvalue weighted by Gasteiger charge is 2.40. The molecule has 0 amide bonds. The Hall–Kier alpha value is -0.750. The molecular formula is C18H25N3S2. The molecule has 2 aliphatic rings. The summed E-state index contributed by atoms with van der Waals surface area (Å²) in [6.07, 6.45) is 6.03. The van der Waals surface area contributed by atoms with Gasteiger partial charge in [0.15, 0.2) is 0 Å². The maximum absolute atomic E-state index is 4.43. The first kappa shape index (κ1) is 15.8. The molecule has 1 spiro atoms. The summed E-state index contributed by atoms with van der Waals surface area (Å²) >= 11 is 3.74. The zero-order valence-electron chi connectivity index (χ0n) is 13.8. The third-order valence-corrected chi connectivity index (χ3v) is 7.20. The molecule has 5 heteroatoms. The van der Waals surface area contributed by atoms with Gasteiger partial charge in [0.05, 0.1) is 6.54 Å². The number of piperidine rings is 1. The minimum atomic E-state index is 0.589. The summed E-state index contributed by atoms with van der Waals surface area (Å²) in [7, 11) is 0. The second-order valence-electron chi connectivity index (χ2n) is 7.18. The molecule has 2 aromatic rings. The SMILES string of the molecule is Cc1ccc(CN2CCC3(CCN(Cc4nccs4)CC3)C2)s1. The standard InChI is InChI=1S/C18H25N3S2/c1-15-2-3-16(23-15)12-21-10-6-18(14-21)4-8-20(9-5-18)13-17-19-7-11-22-17/h2-3,7,11H,4-6,8-10,12-14H2,1H3. The monoisotopic (exact) mass is 347 g/mol. The summed E-state index contributed by atoms with van der Waals surface area (Å²) in [5.41, 5.74) is 0.589. The van der Waals surface area contributed by atoms with E-state index in [1.54, 1.807) is 11.3 Å². The lowest BCUT2D eigenvalue weighted by Gasteiger charge is -2.39. The first-order valence-corrected chi connectivity index (χ1v) is 10.3. The van der Waals surface area contributed by atoms with Gasteiger partial charge in [-0.1, -0.05) is 0 Å². The summed E-state index contributed by atoms with van der Waals surface area (Å²) in [6, 6.07) is 4.56. The number of hydrogen-bond acceptors (Lipinski definition) is 5. The van der Waals surface area contributed by atoms with Crippen LogP contribution in [0.2, 0.25) is 0 Å². The van der Waals surface area contributed by atoms with E-state index in [9.17, 15) is 0 Å². The minimum absolute atomic E-state index is 0.589. The van der Waals surface area contributed by atoms with Gasteiger partial charge in [0, 0.05) is 34.4 Å². The van der Waals surface area contributed by atoms with E-state index in [0.29, 0.717) is 5.41 Å². The number of nitrogens with zero attached hydrogens (tertiary/aromatic N) is 3. The van der Waals surface area contributed by atoms with E-state index >= 15 is 0 Å². The summed E-state index contributed by atoms with van der Waals surface area (Å²) in [5, 5.41) is 3.35. The molecule has 0 unspecified atom stereocenters. The zero-order valence-corrected chi connectivity index (χ0v) is 15.5. The van der Waals surface area contributed by atoms with Crippen LogP contribution in [0.3, 0.4) is 0 Å². The number of aromatic nitrogens is 1. The van der Waals surface area contributed by atoms with Crippen LogP contribution in [0.25, 0.3) is 0 Å². The quantitative estimate of drug-likeness (QED) is 0.833. The van der Waals surface area contributed by atoms with Crippen molar-refractivity contribution in [2.45, 2.75) is 39.3 Å². The van der Waals surface area contributed by atoms with Crippen molar-refractivity contribution in [1.29, 1.82) is 0 Å². The Morgan fingerprint density at radius 1 is 1.09 bits per heavy atom. The fourth-order valence-corrected chi connectivity index (χ4v) is 5.66. The van der Waals surface area contributed by atoms with Crippen LogP contribution in [0.1, 0.15) is 34.0 Å². The highest BCUT2D eigenvalue weighted by molar-refractivity contribution is 7.11. The van der Waals surface area contributed by atoms with Gasteiger partial charge in [0.25, 0.3) is 0 Å². The van der Waals surface area contributed by atoms with Crippen molar-refractivity contribution in [3.8, 4) is 0 Å². The normalized spacial score (nSPS) is 22.1. The lowest BCUT2D eigenvalue weighted by molar-refractivity contribution is 0.102. The molecule has 2 aliphatic heterocycles. The fourth-order valence-electron chi connectivity index (χ4n) is 4.07. The van der Waals surface area contributed by atoms with Crippen LogP contribution < -0.4 is 0 Å². The van der Waals surface area contributed by atoms with Crippen LogP contribution in [-0.2, 0) is 13.1 Å². The number of rotatable bonds is 4. The van der Waals surface area contributed by atoms with Crippen LogP contribution in [-0.4, -0.2) is 41.0 Å². The molecular weight excluding hydrogens is 322 g/mol. The molecule has 0 radical (unpaired) electrons. The molecule has 0 bridgehead atoms. The molecule has 0 saturated carbocycles. The average molecular weight is 348 g/mol. The van der Waals surface area contributed by atoms with Crippen LogP contribution in [0, 0.1) is 12.3 Å². The maximum atomic E-state index is 4.43. The van der Waals surface area contributed by atoms with Crippen molar-refractivity contribution in [2.24, 2.45) is 5.41 Å². The lowest BCUT2D eigenvalue weighted by atomic mass is 9.78. The van der Waals surface area contributed by atoms with E-state index < -0.39 is 0 Å². The zero-order chi connectivity index (χ0) is 15.7. The van der Waals surface area contributed by atoms with Gasteiger partial charge < -0.3 is 0 Å². The minimum Gasteiger partial charge on any atom is -0.298 e. The molecule has 2 aromatic heterocycles. The number of aryl methyl sites for hydroxylation is 1. The third kappa shape index (κ3) is 3.68. The Balaban J connectivity index is 1.29. The Labute approximate surface area is 147 Å². The third-order valence-electron chi connectivity index (χ3n) is 5.45. The second-order valence-corrected chi connectivity index (χ2v) is 9.53. The fraction of sp³-hybridized carbons (Fsp3) is 0.611. The van der Waals surface area contributed by atoms with Crippen molar-refractivity contribution < 1.29 is 0 Å². The first-order chi connectivity index (χ1) is 11.2. The molecule has 3 nitrogen and oxygen atoms in total. The smallest absolute Gasteiger partial charge is 0.107 e. The topological polar surface area (TPSA) is 19.4 Å². The van der Waals surface area contributed by atoms with Gasteiger partial charge >= 0.3 is 0 Å². The molecule has 2 saturated heterocycles. The largest absolute Gasteiger partial charge is 0.298 e. The van der Waals surface area contributed by atoms with Crippen LogP contribution in [0.5, 0.6) is 0 Å². The Morgan fingerprint density at radius 3 is 2.52 bits per heavy atom. The Kier molecular flexibility index (Phi) is 4.54. The van der Waals surface area contributed by atoms with Crippen molar-refractivity contribution >= 4 is 22.7 Å². The van der Waals surface area contributed by atoms with E-state index in [1.165, 1.54) is 60.2 Å². The number of thiazole rings is 1. The number of likely N-dealkylation sites (tertiary alicyclic amines) is 2. The maximum Gasteiger partial charge on any atom is 0.107 e. The molecule has 0 N–H and O–H groups in total.